The number of allylic oxidation sites excluding steroid dienone is 3. The van der Waals surface area contributed by atoms with E-state index in [9.17, 15) is 19.8 Å². The number of amides is 1. The zero-order valence-corrected chi connectivity index (χ0v) is 36.7. The molecule has 6 nitrogen and oxygen atoms in total. The number of carbonyl (C=O) groups excluding carboxylic acids is 2. The smallest absolute Gasteiger partial charge is 0.305 e. The van der Waals surface area contributed by atoms with E-state index in [0.717, 1.165) is 70.6 Å². The van der Waals surface area contributed by atoms with Crippen molar-refractivity contribution < 1.29 is 24.5 Å². The molecule has 0 aromatic carbocycles. The molecule has 55 heavy (non-hydrogen) atoms. The number of aliphatic hydroxyl groups is 2. The van der Waals surface area contributed by atoms with Gasteiger partial charge in [-0.05, 0) is 51.4 Å². The van der Waals surface area contributed by atoms with Crippen LogP contribution in [0.3, 0.4) is 0 Å². The zero-order chi connectivity index (χ0) is 40.1. The first kappa shape index (κ1) is 53.3. The van der Waals surface area contributed by atoms with Crippen molar-refractivity contribution in [3.63, 3.8) is 0 Å². The summed E-state index contributed by atoms with van der Waals surface area (Å²) in [6.07, 6.45) is 51.7. The van der Waals surface area contributed by atoms with Gasteiger partial charge in [0, 0.05) is 12.8 Å². The van der Waals surface area contributed by atoms with Crippen LogP contribution in [0.1, 0.15) is 251 Å². The van der Waals surface area contributed by atoms with Crippen LogP contribution in [0.15, 0.2) is 24.3 Å². The third kappa shape index (κ3) is 41.8. The SMILES string of the molecule is CCCCCCCCCCCCCC/C=C/C(O)C(CO)NC(=O)CCC/C=C\CCCCCCOC(=O)CCCCCCCCCCCCCCCCC. The number of rotatable bonds is 44. The van der Waals surface area contributed by atoms with Crippen LogP contribution in [-0.4, -0.2) is 47.4 Å². The van der Waals surface area contributed by atoms with E-state index in [-0.39, 0.29) is 18.5 Å². The van der Waals surface area contributed by atoms with Gasteiger partial charge >= 0.3 is 5.97 Å². The van der Waals surface area contributed by atoms with Crippen LogP contribution >= 0.6 is 0 Å². The number of carbonyl (C=O) groups is 2. The molecule has 2 unspecified atom stereocenters. The Labute approximate surface area is 341 Å². The molecule has 0 aliphatic rings. The molecule has 3 N–H and O–H groups in total. The summed E-state index contributed by atoms with van der Waals surface area (Å²) in [5.41, 5.74) is 0. The van der Waals surface area contributed by atoms with E-state index in [4.69, 9.17) is 4.74 Å². The summed E-state index contributed by atoms with van der Waals surface area (Å²) in [5.74, 6) is -0.164. The average molecular weight is 776 g/mol. The predicted molar refractivity (Wildman–Crippen MR) is 236 cm³/mol. The molecule has 0 aromatic heterocycles. The Kier molecular flexibility index (Phi) is 43.7. The largest absolute Gasteiger partial charge is 0.466 e. The Bertz CT molecular complexity index is 858. The van der Waals surface area contributed by atoms with E-state index in [1.165, 1.54) is 154 Å². The summed E-state index contributed by atoms with van der Waals surface area (Å²) in [4.78, 5) is 24.4. The Hall–Kier alpha value is -1.66. The highest BCUT2D eigenvalue weighted by Gasteiger charge is 2.17. The first-order chi connectivity index (χ1) is 27.0. The van der Waals surface area contributed by atoms with Crippen LogP contribution in [0.25, 0.3) is 0 Å². The van der Waals surface area contributed by atoms with E-state index in [1.807, 2.05) is 6.08 Å². The van der Waals surface area contributed by atoms with Crippen LogP contribution < -0.4 is 5.32 Å². The minimum atomic E-state index is -0.873. The first-order valence-electron chi connectivity index (χ1n) is 24.1. The molecule has 0 rings (SSSR count). The molecule has 0 aliphatic heterocycles. The fourth-order valence-electron chi connectivity index (χ4n) is 7.22. The Morgan fingerprint density at radius 2 is 0.873 bits per heavy atom. The van der Waals surface area contributed by atoms with Crippen molar-refractivity contribution in [2.45, 2.75) is 264 Å². The Morgan fingerprint density at radius 1 is 0.491 bits per heavy atom. The van der Waals surface area contributed by atoms with Crippen molar-refractivity contribution in [2.24, 2.45) is 0 Å². The molecular weight excluding hydrogens is 683 g/mol. The van der Waals surface area contributed by atoms with Crippen LogP contribution in [0.2, 0.25) is 0 Å². The van der Waals surface area contributed by atoms with Gasteiger partial charge in [0.15, 0.2) is 0 Å². The van der Waals surface area contributed by atoms with Gasteiger partial charge < -0.3 is 20.3 Å². The summed E-state index contributed by atoms with van der Waals surface area (Å²) in [6, 6.07) is -0.663. The monoisotopic (exact) mass is 776 g/mol. The number of aliphatic hydroxyl groups excluding tert-OH is 2. The quantitative estimate of drug-likeness (QED) is 0.0325. The summed E-state index contributed by atoms with van der Waals surface area (Å²) in [5, 5.41) is 22.9. The summed E-state index contributed by atoms with van der Waals surface area (Å²) < 4.78 is 5.43. The fourth-order valence-corrected chi connectivity index (χ4v) is 7.22. The lowest BCUT2D eigenvalue weighted by molar-refractivity contribution is -0.143. The molecule has 0 aromatic rings. The van der Waals surface area contributed by atoms with Crippen molar-refractivity contribution in [2.75, 3.05) is 13.2 Å². The van der Waals surface area contributed by atoms with Crippen molar-refractivity contribution in [1.29, 1.82) is 0 Å². The molecule has 0 saturated heterocycles. The Morgan fingerprint density at radius 3 is 1.33 bits per heavy atom. The van der Waals surface area contributed by atoms with Gasteiger partial charge in [-0.15, -0.1) is 0 Å². The first-order valence-corrected chi connectivity index (χ1v) is 24.1. The predicted octanol–water partition coefficient (Wildman–Crippen LogP) is 14.0. The standard InChI is InChI=1S/C49H93NO5/c1-3-5-7-9-11-13-15-17-19-21-23-27-31-35-39-43-49(54)55-44-40-36-32-28-24-26-30-34-38-42-48(53)50-46(45-51)47(52)41-37-33-29-25-22-20-18-16-14-12-10-8-6-4-2/h26,30,37,41,46-47,51-52H,3-25,27-29,31-36,38-40,42-45H2,1-2H3,(H,50,53)/b30-26-,41-37+. The number of hydrogen-bond donors (Lipinski definition) is 3. The second-order valence-corrected chi connectivity index (χ2v) is 16.4. The van der Waals surface area contributed by atoms with Crippen molar-refractivity contribution in [1.82, 2.24) is 5.32 Å². The van der Waals surface area contributed by atoms with Gasteiger partial charge in [-0.3, -0.25) is 9.59 Å². The molecule has 1 amide bonds. The highest BCUT2D eigenvalue weighted by atomic mass is 16.5. The molecule has 0 fully saturated rings. The van der Waals surface area contributed by atoms with Crippen molar-refractivity contribution >= 4 is 11.9 Å². The number of ether oxygens (including phenoxy) is 1. The van der Waals surface area contributed by atoms with E-state index in [1.54, 1.807) is 6.08 Å². The number of nitrogens with one attached hydrogen (secondary N) is 1. The molecular formula is C49H93NO5. The maximum absolute atomic E-state index is 12.4. The van der Waals surface area contributed by atoms with Gasteiger partial charge in [0.1, 0.15) is 0 Å². The fraction of sp³-hybridized carbons (Fsp3) is 0.878. The molecule has 324 valence electrons. The maximum atomic E-state index is 12.4. The van der Waals surface area contributed by atoms with E-state index < -0.39 is 12.1 Å². The van der Waals surface area contributed by atoms with Crippen LogP contribution in [0, 0.1) is 0 Å². The molecule has 0 saturated carbocycles. The maximum Gasteiger partial charge on any atom is 0.305 e. The van der Waals surface area contributed by atoms with Gasteiger partial charge in [-0.25, -0.2) is 0 Å². The summed E-state index contributed by atoms with van der Waals surface area (Å²) in [7, 11) is 0. The van der Waals surface area contributed by atoms with Gasteiger partial charge in [0.05, 0.1) is 25.4 Å². The summed E-state index contributed by atoms with van der Waals surface area (Å²) in [6.45, 7) is 4.81. The third-order valence-electron chi connectivity index (χ3n) is 11.0. The third-order valence-corrected chi connectivity index (χ3v) is 11.0. The van der Waals surface area contributed by atoms with Crippen molar-refractivity contribution in [3.05, 3.63) is 24.3 Å². The van der Waals surface area contributed by atoms with E-state index >= 15 is 0 Å². The highest BCUT2D eigenvalue weighted by molar-refractivity contribution is 5.76. The number of unbranched alkanes of at least 4 members (excludes halogenated alkanes) is 31. The Balaban J connectivity index is 3.57. The zero-order valence-electron chi connectivity index (χ0n) is 36.7. The van der Waals surface area contributed by atoms with Gasteiger partial charge in [0.25, 0.3) is 0 Å². The number of esters is 1. The molecule has 2 atom stereocenters. The molecule has 0 heterocycles. The second-order valence-electron chi connectivity index (χ2n) is 16.4. The summed E-state index contributed by atoms with van der Waals surface area (Å²) >= 11 is 0. The van der Waals surface area contributed by atoms with Gasteiger partial charge in [-0.1, -0.05) is 212 Å². The van der Waals surface area contributed by atoms with E-state index in [0.29, 0.717) is 19.4 Å². The van der Waals surface area contributed by atoms with Gasteiger partial charge in [-0.2, -0.15) is 0 Å². The van der Waals surface area contributed by atoms with Crippen molar-refractivity contribution in [3.8, 4) is 0 Å². The minimum absolute atomic E-state index is 0.0357. The molecule has 0 bridgehead atoms. The molecule has 6 heteroatoms. The minimum Gasteiger partial charge on any atom is -0.466 e. The lowest BCUT2D eigenvalue weighted by atomic mass is 10.0. The second kappa shape index (κ2) is 45.0. The molecule has 0 spiro atoms. The molecule has 0 radical (unpaired) electrons. The van der Waals surface area contributed by atoms with Crippen LogP contribution in [0.4, 0.5) is 0 Å². The average Bonchev–Trinajstić information content (AvgIpc) is 3.18. The molecule has 0 aliphatic carbocycles. The lowest BCUT2D eigenvalue weighted by Gasteiger charge is -2.19. The normalized spacial score (nSPS) is 12.9. The number of hydrogen-bond acceptors (Lipinski definition) is 5. The van der Waals surface area contributed by atoms with Gasteiger partial charge in [0.2, 0.25) is 5.91 Å². The van der Waals surface area contributed by atoms with Crippen LogP contribution in [-0.2, 0) is 14.3 Å². The van der Waals surface area contributed by atoms with E-state index in [2.05, 4.69) is 31.3 Å². The topological polar surface area (TPSA) is 95.9 Å². The lowest BCUT2D eigenvalue weighted by Crippen LogP contribution is -2.45. The highest BCUT2D eigenvalue weighted by Crippen LogP contribution is 2.15. The van der Waals surface area contributed by atoms with Crippen LogP contribution in [0.5, 0.6) is 0 Å².